The van der Waals surface area contributed by atoms with Gasteiger partial charge in [0, 0.05) is 23.6 Å². The lowest BCUT2D eigenvalue weighted by Crippen LogP contribution is -2.52. The van der Waals surface area contributed by atoms with Gasteiger partial charge in [0.15, 0.2) is 0 Å². The molecule has 2 amide bonds. The number of alkyl halides is 4. The van der Waals surface area contributed by atoms with E-state index in [0.717, 1.165) is 17.0 Å². The van der Waals surface area contributed by atoms with Gasteiger partial charge in [0.25, 0.3) is 16.4 Å². The highest BCUT2D eigenvalue weighted by Gasteiger charge is 2.61. The molecule has 2 aliphatic rings. The van der Waals surface area contributed by atoms with E-state index in [1.54, 1.807) is 0 Å². The largest absolute Gasteiger partial charge is 0.350 e. The number of amides is 2. The van der Waals surface area contributed by atoms with E-state index in [9.17, 15) is 39.6 Å². The van der Waals surface area contributed by atoms with Crippen LogP contribution in [0.4, 0.5) is 35.5 Å². The number of benzene rings is 2. The minimum Gasteiger partial charge on any atom is -0.332 e. The van der Waals surface area contributed by atoms with Gasteiger partial charge in [0.2, 0.25) is 0 Å². The zero-order valence-corrected chi connectivity index (χ0v) is 19.9. The molecule has 2 aromatic carbocycles. The summed E-state index contributed by atoms with van der Waals surface area (Å²) in [5.74, 6) is -6.59. The van der Waals surface area contributed by atoms with Crippen LogP contribution in [0.3, 0.4) is 0 Å². The molecule has 1 aliphatic heterocycles. The van der Waals surface area contributed by atoms with Gasteiger partial charge in [0.1, 0.15) is 17.5 Å². The van der Waals surface area contributed by atoms with Gasteiger partial charge in [-0.1, -0.05) is 18.2 Å². The third-order valence-corrected chi connectivity index (χ3v) is 7.75. The Hall–Kier alpha value is -2.87. The fourth-order valence-electron chi connectivity index (χ4n) is 4.82. The molecular weight excluding hydrogens is 531 g/mol. The van der Waals surface area contributed by atoms with Crippen LogP contribution in [-0.4, -0.2) is 56.7 Å². The summed E-state index contributed by atoms with van der Waals surface area (Å²) in [6.07, 6.45) is -2.54. The Labute approximate surface area is 207 Å². The summed E-state index contributed by atoms with van der Waals surface area (Å²) >= 11 is 0. The van der Waals surface area contributed by atoms with Crippen LogP contribution < -0.4 is 10.0 Å². The van der Waals surface area contributed by atoms with Gasteiger partial charge < -0.3 is 10.2 Å². The second kappa shape index (κ2) is 10.1. The molecule has 37 heavy (non-hydrogen) atoms. The summed E-state index contributed by atoms with van der Waals surface area (Å²) in [6, 6.07) is 2.88. The molecule has 1 heterocycles. The van der Waals surface area contributed by atoms with Crippen molar-refractivity contribution in [2.45, 2.75) is 43.5 Å². The smallest absolute Gasteiger partial charge is 0.332 e. The van der Waals surface area contributed by atoms with E-state index >= 15 is 4.39 Å². The molecule has 14 heteroatoms. The number of hydrogen-bond acceptors (Lipinski definition) is 3. The Bertz CT molecular complexity index is 1270. The van der Waals surface area contributed by atoms with Crippen molar-refractivity contribution in [1.29, 1.82) is 0 Å². The third-order valence-electron chi connectivity index (χ3n) is 6.70. The summed E-state index contributed by atoms with van der Waals surface area (Å²) < 4.78 is 121. The summed E-state index contributed by atoms with van der Waals surface area (Å²) in [4.78, 5) is 13.8. The minimum absolute atomic E-state index is 0.0993. The molecule has 2 aromatic rings. The standard InChI is InChI=1S/C23H22F7N3O3S/c24-14-6-13(7-15(25)9-14)16-3-1-2-12(19(16)28)8-17-20(32-37(35,36)21(29)30)23(4-5-23)11-33(17)22(34)31-10-18(26)27/h1-3,6-7,9,17-18,20-21,32H,4-5,8,10-11H2,(H,31,34)/t17-,20+/m0/s1. The molecule has 0 aromatic heterocycles. The first-order valence-corrected chi connectivity index (χ1v) is 12.7. The van der Waals surface area contributed by atoms with E-state index < -0.39 is 76.2 Å². The van der Waals surface area contributed by atoms with Gasteiger partial charge in [-0.2, -0.15) is 8.78 Å². The van der Waals surface area contributed by atoms with E-state index in [4.69, 9.17) is 0 Å². The Morgan fingerprint density at radius 2 is 1.70 bits per heavy atom. The molecular formula is C23H22F7N3O3S. The maximum Gasteiger partial charge on any atom is 0.350 e. The van der Waals surface area contributed by atoms with E-state index in [1.807, 2.05) is 10.0 Å². The predicted octanol–water partition coefficient (Wildman–Crippen LogP) is 4.26. The number of rotatable bonds is 8. The lowest BCUT2D eigenvalue weighted by atomic mass is 9.91. The van der Waals surface area contributed by atoms with Crippen LogP contribution in [0.2, 0.25) is 0 Å². The van der Waals surface area contributed by atoms with Gasteiger partial charge in [-0.25, -0.2) is 39.9 Å². The van der Waals surface area contributed by atoms with Crippen molar-refractivity contribution in [3.05, 3.63) is 59.4 Å². The Balaban J connectivity index is 1.71. The maximum atomic E-state index is 15.5. The second-order valence-corrected chi connectivity index (χ2v) is 10.9. The van der Waals surface area contributed by atoms with Crippen molar-refractivity contribution >= 4 is 16.1 Å². The highest BCUT2D eigenvalue weighted by atomic mass is 32.2. The average Bonchev–Trinajstić information content (AvgIpc) is 3.53. The Morgan fingerprint density at radius 3 is 2.27 bits per heavy atom. The molecule has 0 bridgehead atoms. The maximum absolute atomic E-state index is 15.5. The second-order valence-electron chi connectivity index (χ2n) is 9.18. The molecule has 1 spiro atoms. The summed E-state index contributed by atoms with van der Waals surface area (Å²) in [6.45, 7) is -1.13. The molecule has 1 saturated carbocycles. The SMILES string of the molecule is O=C(NCC(F)F)N1CC2(CC2)[C@H](NS(=O)(=O)C(F)F)[C@@H]1Cc1cccc(-c2cc(F)cc(F)c2)c1F. The molecule has 2 atom stereocenters. The normalized spacial score (nSPS) is 20.7. The van der Waals surface area contributed by atoms with Gasteiger partial charge in [-0.3, -0.25) is 0 Å². The fraction of sp³-hybridized carbons (Fsp3) is 0.435. The van der Waals surface area contributed by atoms with Crippen molar-refractivity contribution in [3.63, 3.8) is 0 Å². The molecule has 1 aliphatic carbocycles. The number of sulfonamides is 1. The topological polar surface area (TPSA) is 78.5 Å². The van der Waals surface area contributed by atoms with E-state index in [1.165, 1.54) is 18.2 Å². The van der Waals surface area contributed by atoms with Crippen molar-refractivity contribution in [3.8, 4) is 11.1 Å². The highest BCUT2D eigenvalue weighted by molar-refractivity contribution is 7.89. The number of halogens is 7. The zero-order valence-electron chi connectivity index (χ0n) is 19.0. The summed E-state index contributed by atoms with van der Waals surface area (Å²) in [5, 5.41) is 2.01. The molecule has 4 rings (SSSR count). The number of carbonyl (C=O) groups excluding carboxylic acids is 1. The van der Waals surface area contributed by atoms with Crippen LogP contribution in [0.25, 0.3) is 11.1 Å². The number of likely N-dealkylation sites (tertiary alicyclic amines) is 1. The van der Waals surface area contributed by atoms with Crippen molar-refractivity contribution in [1.82, 2.24) is 14.9 Å². The van der Waals surface area contributed by atoms with Gasteiger partial charge in [-0.05, 0) is 42.5 Å². The van der Waals surface area contributed by atoms with Crippen LogP contribution in [0, 0.1) is 22.9 Å². The number of nitrogens with one attached hydrogen (secondary N) is 2. The molecule has 0 unspecified atom stereocenters. The first-order chi connectivity index (χ1) is 17.3. The van der Waals surface area contributed by atoms with Crippen LogP contribution in [0.15, 0.2) is 36.4 Å². The van der Waals surface area contributed by atoms with Crippen LogP contribution >= 0.6 is 0 Å². The van der Waals surface area contributed by atoms with Crippen molar-refractivity contribution in [2.24, 2.45) is 5.41 Å². The lowest BCUT2D eigenvalue weighted by molar-refractivity contribution is 0.137. The third kappa shape index (κ3) is 5.69. The van der Waals surface area contributed by atoms with E-state index in [0.29, 0.717) is 18.9 Å². The first-order valence-electron chi connectivity index (χ1n) is 11.2. The van der Waals surface area contributed by atoms with E-state index in [-0.39, 0.29) is 23.2 Å². The Kier molecular flexibility index (Phi) is 7.43. The quantitative estimate of drug-likeness (QED) is 0.480. The first kappa shape index (κ1) is 27.2. The predicted molar refractivity (Wildman–Crippen MR) is 119 cm³/mol. The average molecular weight is 554 g/mol. The molecule has 2 N–H and O–H groups in total. The molecule has 0 radical (unpaired) electrons. The monoisotopic (exact) mass is 553 g/mol. The van der Waals surface area contributed by atoms with Crippen LogP contribution in [0.1, 0.15) is 18.4 Å². The number of hydrogen-bond donors (Lipinski definition) is 2. The summed E-state index contributed by atoms with van der Waals surface area (Å²) in [7, 11) is -5.12. The molecule has 202 valence electrons. The lowest BCUT2D eigenvalue weighted by Gasteiger charge is -2.29. The number of nitrogens with zero attached hydrogens (tertiary/aromatic N) is 1. The minimum atomic E-state index is -5.12. The number of carbonyl (C=O) groups is 1. The zero-order chi connectivity index (χ0) is 27.1. The number of urea groups is 1. The Morgan fingerprint density at radius 1 is 1.05 bits per heavy atom. The molecule has 6 nitrogen and oxygen atoms in total. The van der Waals surface area contributed by atoms with Gasteiger partial charge in [0.05, 0.1) is 18.6 Å². The molecule has 1 saturated heterocycles. The van der Waals surface area contributed by atoms with Gasteiger partial charge in [-0.15, -0.1) is 0 Å². The van der Waals surface area contributed by atoms with Crippen molar-refractivity contribution < 1.29 is 43.9 Å². The molecule has 2 fully saturated rings. The van der Waals surface area contributed by atoms with E-state index in [2.05, 4.69) is 0 Å². The van der Waals surface area contributed by atoms with Gasteiger partial charge >= 0.3 is 11.8 Å². The van der Waals surface area contributed by atoms with Crippen LogP contribution in [-0.2, 0) is 16.4 Å². The van der Waals surface area contributed by atoms with Crippen molar-refractivity contribution in [2.75, 3.05) is 13.1 Å². The highest BCUT2D eigenvalue weighted by Crippen LogP contribution is 2.55. The fourth-order valence-corrected chi connectivity index (χ4v) is 5.68. The van der Waals surface area contributed by atoms with Crippen LogP contribution in [0.5, 0.6) is 0 Å². The summed E-state index contributed by atoms with van der Waals surface area (Å²) in [5.41, 5.74) is -1.33.